The first kappa shape index (κ1) is 17.7. The number of Topliss-reactive ketones (excluding diaryl/α,β-unsaturated/α-hetero) is 1. The van der Waals surface area contributed by atoms with Crippen molar-refractivity contribution in [3.63, 3.8) is 0 Å². The smallest absolute Gasteiger partial charge is 0.331 e. The van der Waals surface area contributed by atoms with E-state index in [4.69, 9.17) is 14.2 Å². The molecule has 1 aliphatic heterocycles. The maximum Gasteiger partial charge on any atom is 0.331 e. The molecular formula is C21H20O5. The van der Waals surface area contributed by atoms with Crippen molar-refractivity contribution in [2.75, 3.05) is 6.79 Å². The van der Waals surface area contributed by atoms with Crippen LogP contribution in [0.2, 0.25) is 0 Å². The molecule has 0 aliphatic carbocycles. The number of rotatable bonds is 6. The number of esters is 1. The van der Waals surface area contributed by atoms with E-state index in [1.165, 1.54) is 6.08 Å². The molecule has 26 heavy (non-hydrogen) atoms. The van der Waals surface area contributed by atoms with Crippen LogP contribution in [0.1, 0.15) is 35.3 Å². The largest absolute Gasteiger partial charge is 0.454 e. The molecule has 1 unspecified atom stereocenters. The van der Waals surface area contributed by atoms with E-state index in [9.17, 15) is 9.59 Å². The van der Waals surface area contributed by atoms with Crippen LogP contribution < -0.4 is 9.47 Å². The third-order valence-electron chi connectivity index (χ3n) is 4.12. The van der Waals surface area contributed by atoms with Gasteiger partial charge in [-0.25, -0.2) is 4.79 Å². The van der Waals surface area contributed by atoms with E-state index in [0.717, 1.165) is 17.5 Å². The molecule has 134 valence electrons. The number of ketones is 1. The van der Waals surface area contributed by atoms with Crippen molar-refractivity contribution in [1.29, 1.82) is 0 Å². The van der Waals surface area contributed by atoms with E-state index in [-0.39, 0.29) is 12.6 Å². The second kappa shape index (κ2) is 7.87. The van der Waals surface area contributed by atoms with Crippen LogP contribution >= 0.6 is 0 Å². The molecule has 0 amide bonds. The predicted molar refractivity (Wildman–Crippen MR) is 97.3 cm³/mol. The number of ether oxygens (including phenoxy) is 3. The number of hydrogen-bond donors (Lipinski definition) is 0. The van der Waals surface area contributed by atoms with Crippen molar-refractivity contribution >= 4 is 17.8 Å². The first-order chi connectivity index (χ1) is 12.6. The second-order valence-corrected chi connectivity index (χ2v) is 5.94. The zero-order valence-electron chi connectivity index (χ0n) is 14.7. The minimum Gasteiger partial charge on any atom is -0.454 e. The number of carbonyl (C=O) groups excluding carboxylic acids is 2. The highest BCUT2D eigenvalue weighted by atomic mass is 16.7. The van der Waals surface area contributed by atoms with Crippen LogP contribution in [0.3, 0.4) is 0 Å². The topological polar surface area (TPSA) is 61.8 Å². The molecule has 2 aromatic rings. The van der Waals surface area contributed by atoms with Crippen LogP contribution in [0, 0.1) is 0 Å². The van der Waals surface area contributed by atoms with Gasteiger partial charge in [-0.2, -0.15) is 0 Å². The highest BCUT2D eigenvalue weighted by Crippen LogP contribution is 2.32. The minimum absolute atomic E-state index is 0.198. The molecular weight excluding hydrogens is 332 g/mol. The number of benzene rings is 2. The van der Waals surface area contributed by atoms with E-state index in [1.54, 1.807) is 43.3 Å². The quantitative estimate of drug-likeness (QED) is 0.449. The van der Waals surface area contributed by atoms with E-state index < -0.39 is 12.1 Å². The minimum atomic E-state index is -0.851. The van der Waals surface area contributed by atoms with Crippen LogP contribution in [-0.4, -0.2) is 24.6 Å². The molecule has 5 heteroatoms. The molecule has 5 nitrogen and oxygen atoms in total. The lowest BCUT2D eigenvalue weighted by atomic mass is 10.0. The lowest BCUT2D eigenvalue weighted by Crippen LogP contribution is -2.23. The molecule has 0 aromatic heterocycles. The average molecular weight is 352 g/mol. The molecule has 0 saturated carbocycles. The van der Waals surface area contributed by atoms with E-state index >= 15 is 0 Å². The molecule has 0 N–H and O–H groups in total. The van der Waals surface area contributed by atoms with Gasteiger partial charge in [0.15, 0.2) is 17.6 Å². The maximum atomic E-state index is 12.4. The fourth-order valence-electron chi connectivity index (χ4n) is 2.59. The summed E-state index contributed by atoms with van der Waals surface area (Å²) in [7, 11) is 0. The van der Waals surface area contributed by atoms with Gasteiger partial charge in [-0.05, 0) is 42.7 Å². The lowest BCUT2D eigenvalue weighted by Gasteiger charge is -2.11. The number of fused-ring (bicyclic) bond motifs is 1. The van der Waals surface area contributed by atoms with Gasteiger partial charge in [0.2, 0.25) is 12.6 Å². The number of carbonyl (C=O) groups is 2. The summed E-state index contributed by atoms with van der Waals surface area (Å²) in [4.78, 5) is 24.3. The van der Waals surface area contributed by atoms with Crippen molar-refractivity contribution in [2.45, 2.75) is 26.4 Å². The summed E-state index contributed by atoms with van der Waals surface area (Å²) in [5.74, 6) is 0.517. The fraction of sp³-hybridized carbons (Fsp3) is 0.238. The van der Waals surface area contributed by atoms with Crippen LogP contribution in [-0.2, 0) is 16.0 Å². The Bertz CT molecular complexity index is 836. The molecule has 0 spiro atoms. The monoisotopic (exact) mass is 352 g/mol. The Balaban J connectivity index is 1.58. The van der Waals surface area contributed by atoms with Gasteiger partial charge in [-0.3, -0.25) is 4.79 Å². The molecule has 1 atom stereocenters. The summed E-state index contributed by atoms with van der Waals surface area (Å²) in [5, 5.41) is 0. The van der Waals surface area contributed by atoms with Crippen LogP contribution in [0.4, 0.5) is 0 Å². The average Bonchev–Trinajstić information content (AvgIpc) is 3.13. The molecule has 0 bridgehead atoms. The van der Waals surface area contributed by atoms with Gasteiger partial charge in [-0.1, -0.05) is 37.3 Å². The van der Waals surface area contributed by atoms with Gasteiger partial charge in [0.05, 0.1) is 0 Å². The van der Waals surface area contributed by atoms with Crippen molar-refractivity contribution in [3.8, 4) is 11.5 Å². The van der Waals surface area contributed by atoms with Crippen LogP contribution in [0.5, 0.6) is 11.5 Å². The van der Waals surface area contributed by atoms with E-state index in [0.29, 0.717) is 17.1 Å². The van der Waals surface area contributed by atoms with Gasteiger partial charge < -0.3 is 14.2 Å². The molecule has 2 aromatic carbocycles. The highest BCUT2D eigenvalue weighted by Gasteiger charge is 2.18. The zero-order valence-corrected chi connectivity index (χ0v) is 14.7. The normalized spacial score (nSPS) is 13.6. The Kier molecular flexibility index (Phi) is 5.37. The van der Waals surface area contributed by atoms with Crippen LogP contribution in [0.25, 0.3) is 6.08 Å². The fourth-order valence-corrected chi connectivity index (χ4v) is 2.59. The molecule has 0 fully saturated rings. The third-order valence-corrected chi connectivity index (χ3v) is 4.12. The Morgan fingerprint density at radius 1 is 1.12 bits per heavy atom. The standard InChI is InChI=1S/C21H20O5/c1-3-15-4-8-17(9-5-15)21(23)14(2)26-20(22)11-7-16-6-10-18-19(12-16)25-13-24-18/h4-12,14H,3,13H2,1-2H3/b11-7+. The van der Waals surface area contributed by atoms with Gasteiger partial charge in [0.1, 0.15) is 0 Å². The summed E-state index contributed by atoms with van der Waals surface area (Å²) in [5.41, 5.74) is 2.46. The molecule has 3 rings (SSSR count). The summed E-state index contributed by atoms with van der Waals surface area (Å²) >= 11 is 0. The molecule has 1 aliphatic rings. The van der Waals surface area contributed by atoms with Gasteiger partial charge in [0, 0.05) is 11.6 Å². The SMILES string of the molecule is CCc1ccc(C(=O)C(C)OC(=O)/C=C/c2ccc3c(c2)OCO3)cc1. The molecule has 1 heterocycles. The van der Waals surface area contributed by atoms with E-state index in [1.807, 2.05) is 19.1 Å². The third kappa shape index (κ3) is 4.11. The van der Waals surface area contributed by atoms with Crippen molar-refractivity contribution in [2.24, 2.45) is 0 Å². The lowest BCUT2D eigenvalue weighted by molar-refractivity contribution is -0.140. The van der Waals surface area contributed by atoms with Gasteiger partial charge >= 0.3 is 5.97 Å². The Morgan fingerprint density at radius 3 is 2.58 bits per heavy atom. The maximum absolute atomic E-state index is 12.4. The first-order valence-corrected chi connectivity index (χ1v) is 8.48. The van der Waals surface area contributed by atoms with E-state index in [2.05, 4.69) is 0 Å². The van der Waals surface area contributed by atoms with Gasteiger partial charge in [0.25, 0.3) is 0 Å². The number of aryl methyl sites for hydroxylation is 1. The Labute approximate surface area is 152 Å². The second-order valence-electron chi connectivity index (χ2n) is 5.94. The number of hydrogen-bond acceptors (Lipinski definition) is 5. The summed E-state index contributed by atoms with van der Waals surface area (Å²) in [6.07, 6.45) is 2.96. The highest BCUT2D eigenvalue weighted by molar-refractivity contribution is 6.01. The summed E-state index contributed by atoms with van der Waals surface area (Å²) in [6, 6.07) is 12.7. The van der Waals surface area contributed by atoms with Crippen molar-refractivity contribution in [1.82, 2.24) is 0 Å². The predicted octanol–water partition coefficient (Wildman–Crippen LogP) is 3.81. The Morgan fingerprint density at radius 2 is 1.85 bits per heavy atom. The van der Waals surface area contributed by atoms with Crippen LogP contribution in [0.15, 0.2) is 48.5 Å². The summed E-state index contributed by atoms with van der Waals surface area (Å²) in [6.45, 7) is 3.82. The summed E-state index contributed by atoms with van der Waals surface area (Å²) < 4.78 is 15.7. The van der Waals surface area contributed by atoms with Gasteiger partial charge in [-0.15, -0.1) is 0 Å². The molecule has 0 saturated heterocycles. The Hall–Kier alpha value is -3.08. The van der Waals surface area contributed by atoms with Crippen molar-refractivity contribution in [3.05, 3.63) is 65.2 Å². The molecule has 0 radical (unpaired) electrons. The zero-order chi connectivity index (χ0) is 18.5. The first-order valence-electron chi connectivity index (χ1n) is 8.48. The van der Waals surface area contributed by atoms with Crippen molar-refractivity contribution < 1.29 is 23.8 Å².